The van der Waals surface area contributed by atoms with Crippen molar-refractivity contribution in [3.8, 4) is 0 Å². The Morgan fingerprint density at radius 1 is 1.41 bits per heavy atom. The number of nitrogens with one attached hydrogen (secondary N) is 1. The van der Waals surface area contributed by atoms with Crippen LogP contribution in [-0.4, -0.2) is 60.5 Å². The predicted molar refractivity (Wildman–Crippen MR) is 91.1 cm³/mol. The summed E-state index contributed by atoms with van der Waals surface area (Å²) in [7, 11) is 0. The first-order valence-corrected chi connectivity index (χ1v) is 9.22. The lowest BCUT2D eigenvalue weighted by Crippen LogP contribution is -2.53. The van der Waals surface area contributed by atoms with Gasteiger partial charge in [-0.3, -0.25) is 0 Å². The fourth-order valence-corrected chi connectivity index (χ4v) is 3.73. The van der Waals surface area contributed by atoms with Crippen molar-refractivity contribution in [2.24, 2.45) is 11.8 Å². The van der Waals surface area contributed by atoms with E-state index in [1.807, 2.05) is 6.92 Å². The zero-order chi connectivity index (χ0) is 16.2. The van der Waals surface area contributed by atoms with E-state index >= 15 is 0 Å². The maximum atomic E-state index is 10.6. The van der Waals surface area contributed by atoms with Crippen LogP contribution in [-0.2, 0) is 4.74 Å². The molecule has 2 N–H and O–H groups in total. The lowest BCUT2D eigenvalue weighted by Gasteiger charge is -2.40. The number of ether oxygens (including phenoxy) is 1. The van der Waals surface area contributed by atoms with Gasteiger partial charge in [0.05, 0.1) is 11.7 Å². The van der Waals surface area contributed by atoms with Crippen molar-refractivity contribution in [3.05, 3.63) is 0 Å². The van der Waals surface area contributed by atoms with E-state index in [0.29, 0.717) is 30.5 Å². The average Bonchev–Trinajstić information content (AvgIpc) is 2.98. The Labute approximate surface area is 136 Å². The van der Waals surface area contributed by atoms with Gasteiger partial charge in [-0.1, -0.05) is 27.2 Å². The maximum absolute atomic E-state index is 10.6. The molecule has 0 spiro atoms. The second-order valence-corrected chi connectivity index (χ2v) is 7.81. The molecule has 2 heterocycles. The highest BCUT2D eigenvalue weighted by molar-refractivity contribution is 4.88. The summed E-state index contributed by atoms with van der Waals surface area (Å²) in [6, 6.07) is 0.524. The third kappa shape index (κ3) is 4.92. The Bertz CT molecular complexity index is 329. The van der Waals surface area contributed by atoms with Crippen LogP contribution in [0.5, 0.6) is 0 Å². The van der Waals surface area contributed by atoms with Crippen molar-refractivity contribution < 1.29 is 9.84 Å². The fourth-order valence-electron chi connectivity index (χ4n) is 3.73. The number of nitrogens with zero attached hydrogens (tertiary/aromatic N) is 1. The van der Waals surface area contributed by atoms with Crippen molar-refractivity contribution in [2.75, 3.05) is 32.8 Å². The average molecular weight is 312 g/mol. The number of likely N-dealkylation sites (tertiary alicyclic amines) is 1. The smallest absolute Gasteiger partial charge is 0.0768 e. The molecular formula is C18H36N2O2. The third-order valence-corrected chi connectivity index (χ3v) is 5.87. The summed E-state index contributed by atoms with van der Waals surface area (Å²) in [5, 5.41) is 14.2. The standard InChI is InChI=1S/C18H36N2O2/c1-5-15(3)18(4,21)13-19-17-8-9-20(11-14(17)2)12-16-7-6-10-22-16/h14-17,19,21H,5-13H2,1-4H3. The van der Waals surface area contributed by atoms with Crippen LogP contribution in [0.3, 0.4) is 0 Å². The second kappa shape index (κ2) is 8.09. The third-order valence-electron chi connectivity index (χ3n) is 5.87. The van der Waals surface area contributed by atoms with Gasteiger partial charge in [0.15, 0.2) is 0 Å². The normalized spacial score (nSPS) is 34.5. The number of rotatable bonds is 7. The van der Waals surface area contributed by atoms with Crippen LogP contribution >= 0.6 is 0 Å². The molecule has 2 aliphatic rings. The molecule has 5 atom stereocenters. The van der Waals surface area contributed by atoms with E-state index < -0.39 is 5.60 Å². The maximum Gasteiger partial charge on any atom is 0.0768 e. The van der Waals surface area contributed by atoms with Gasteiger partial charge >= 0.3 is 0 Å². The van der Waals surface area contributed by atoms with Crippen LogP contribution in [0, 0.1) is 11.8 Å². The molecule has 0 aromatic rings. The molecule has 0 amide bonds. The Hall–Kier alpha value is -0.160. The molecule has 0 aliphatic carbocycles. The minimum atomic E-state index is -0.608. The summed E-state index contributed by atoms with van der Waals surface area (Å²) in [4.78, 5) is 2.56. The van der Waals surface area contributed by atoms with Crippen molar-refractivity contribution in [2.45, 2.75) is 71.1 Å². The molecule has 4 heteroatoms. The molecular weight excluding hydrogens is 276 g/mol. The van der Waals surface area contributed by atoms with Crippen LogP contribution < -0.4 is 5.32 Å². The van der Waals surface area contributed by atoms with Gasteiger partial charge in [-0.15, -0.1) is 0 Å². The second-order valence-electron chi connectivity index (χ2n) is 7.81. The van der Waals surface area contributed by atoms with Crippen molar-refractivity contribution in [3.63, 3.8) is 0 Å². The van der Waals surface area contributed by atoms with Gasteiger partial charge in [-0.25, -0.2) is 0 Å². The first-order chi connectivity index (χ1) is 10.4. The summed E-state index contributed by atoms with van der Waals surface area (Å²) >= 11 is 0. The topological polar surface area (TPSA) is 44.7 Å². The van der Waals surface area contributed by atoms with Crippen LogP contribution in [0.4, 0.5) is 0 Å². The molecule has 0 saturated carbocycles. The zero-order valence-corrected chi connectivity index (χ0v) is 15.0. The van der Waals surface area contributed by atoms with Crippen LogP contribution in [0.1, 0.15) is 53.4 Å². The molecule has 2 rings (SSSR count). The Kier molecular flexibility index (Phi) is 6.69. The van der Waals surface area contributed by atoms with E-state index in [1.165, 1.54) is 19.3 Å². The quantitative estimate of drug-likeness (QED) is 0.757. The van der Waals surface area contributed by atoms with Gasteiger partial charge in [0, 0.05) is 32.3 Å². The van der Waals surface area contributed by atoms with Crippen molar-refractivity contribution >= 4 is 0 Å². The van der Waals surface area contributed by atoms with Gasteiger partial charge in [-0.2, -0.15) is 0 Å². The Balaban J connectivity index is 1.73. The number of hydrogen-bond acceptors (Lipinski definition) is 4. The van der Waals surface area contributed by atoms with Gasteiger partial charge in [0.2, 0.25) is 0 Å². The summed E-state index contributed by atoms with van der Waals surface area (Å²) < 4.78 is 5.76. The van der Waals surface area contributed by atoms with Crippen molar-refractivity contribution in [1.29, 1.82) is 0 Å². The molecule has 4 nitrogen and oxygen atoms in total. The monoisotopic (exact) mass is 312 g/mol. The summed E-state index contributed by atoms with van der Waals surface area (Å²) in [6.07, 6.45) is 5.10. The Morgan fingerprint density at radius 2 is 2.18 bits per heavy atom. The highest BCUT2D eigenvalue weighted by Gasteiger charge is 2.32. The predicted octanol–water partition coefficient (Wildman–Crippen LogP) is 2.26. The van der Waals surface area contributed by atoms with E-state index in [1.54, 1.807) is 0 Å². The molecule has 0 bridgehead atoms. The molecule has 5 unspecified atom stereocenters. The molecule has 0 radical (unpaired) electrons. The fraction of sp³-hybridized carbons (Fsp3) is 1.00. The zero-order valence-electron chi connectivity index (χ0n) is 15.0. The molecule has 0 aromatic carbocycles. The van der Waals surface area contributed by atoms with E-state index in [4.69, 9.17) is 4.74 Å². The molecule has 0 aromatic heterocycles. The van der Waals surface area contributed by atoms with Gasteiger partial charge in [-0.05, 0) is 44.6 Å². The van der Waals surface area contributed by atoms with Crippen molar-refractivity contribution in [1.82, 2.24) is 10.2 Å². The van der Waals surface area contributed by atoms with Gasteiger partial charge in [0.1, 0.15) is 0 Å². The highest BCUT2D eigenvalue weighted by Crippen LogP contribution is 2.23. The molecule has 22 heavy (non-hydrogen) atoms. The lowest BCUT2D eigenvalue weighted by molar-refractivity contribution is -0.00286. The molecule has 2 fully saturated rings. The van der Waals surface area contributed by atoms with E-state index in [-0.39, 0.29) is 0 Å². The largest absolute Gasteiger partial charge is 0.389 e. The summed E-state index contributed by atoms with van der Waals surface area (Å²) in [5.41, 5.74) is -0.608. The molecule has 2 aliphatic heterocycles. The Morgan fingerprint density at radius 3 is 2.77 bits per heavy atom. The van der Waals surface area contributed by atoms with Crippen LogP contribution in [0.15, 0.2) is 0 Å². The van der Waals surface area contributed by atoms with E-state index in [9.17, 15) is 5.11 Å². The number of hydrogen-bond donors (Lipinski definition) is 2. The van der Waals surface area contributed by atoms with E-state index in [0.717, 1.165) is 32.7 Å². The minimum Gasteiger partial charge on any atom is -0.389 e. The lowest BCUT2D eigenvalue weighted by atomic mass is 9.87. The van der Waals surface area contributed by atoms with Gasteiger partial charge in [0.25, 0.3) is 0 Å². The first-order valence-electron chi connectivity index (χ1n) is 9.22. The number of piperidine rings is 1. The summed E-state index contributed by atoms with van der Waals surface area (Å²) in [6.45, 7) is 13.6. The SMILES string of the molecule is CCC(C)C(C)(O)CNC1CCN(CC2CCCO2)CC1C. The molecule has 2 saturated heterocycles. The van der Waals surface area contributed by atoms with Crippen LogP contribution in [0.25, 0.3) is 0 Å². The minimum absolute atomic E-state index is 0.329. The summed E-state index contributed by atoms with van der Waals surface area (Å²) in [5.74, 6) is 0.956. The molecule has 130 valence electrons. The highest BCUT2D eigenvalue weighted by atomic mass is 16.5. The van der Waals surface area contributed by atoms with E-state index in [2.05, 4.69) is 31.0 Å². The van der Waals surface area contributed by atoms with Crippen LogP contribution in [0.2, 0.25) is 0 Å². The number of aliphatic hydroxyl groups is 1. The first kappa shape index (κ1) is 18.2. The van der Waals surface area contributed by atoms with Gasteiger partial charge < -0.3 is 20.1 Å².